The first-order chi connectivity index (χ1) is 9.60. The molecule has 2 aromatic carbocycles. The molecule has 20 heavy (non-hydrogen) atoms. The predicted molar refractivity (Wildman–Crippen MR) is 78.5 cm³/mol. The summed E-state index contributed by atoms with van der Waals surface area (Å²) in [4.78, 5) is 11.3. The molecule has 0 saturated heterocycles. The number of ether oxygens (including phenoxy) is 1. The Labute approximate surface area is 118 Å². The van der Waals surface area contributed by atoms with Gasteiger partial charge in [-0.2, -0.15) is 0 Å². The maximum Gasteiger partial charge on any atom is 0.188 e. The zero-order valence-corrected chi connectivity index (χ0v) is 11.7. The Morgan fingerprint density at radius 1 is 1.00 bits per heavy atom. The van der Waals surface area contributed by atoms with E-state index in [1.807, 2.05) is 24.3 Å². The van der Waals surface area contributed by atoms with Gasteiger partial charge in [0.1, 0.15) is 18.1 Å². The molecule has 0 radical (unpaired) electrons. The Bertz CT molecular complexity index is 568. The van der Waals surface area contributed by atoms with Crippen molar-refractivity contribution in [3.8, 4) is 11.5 Å². The van der Waals surface area contributed by atoms with E-state index in [4.69, 9.17) is 9.84 Å². The van der Waals surface area contributed by atoms with E-state index in [1.165, 1.54) is 5.56 Å². The van der Waals surface area contributed by atoms with Gasteiger partial charge in [-0.25, -0.2) is 0 Å². The van der Waals surface area contributed by atoms with Gasteiger partial charge in [0, 0.05) is 5.56 Å². The second kappa shape index (κ2) is 6.35. The van der Waals surface area contributed by atoms with Crippen molar-refractivity contribution in [2.75, 3.05) is 6.61 Å². The van der Waals surface area contributed by atoms with Crippen molar-refractivity contribution in [1.29, 1.82) is 0 Å². The summed E-state index contributed by atoms with van der Waals surface area (Å²) in [5.41, 5.74) is 1.75. The van der Waals surface area contributed by atoms with E-state index in [1.54, 1.807) is 24.3 Å². The van der Waals surface area contributed by atoms with Crippen molar-refractivity contribution in [2.45, 2.75) is 19.8 Å². The number of benzene rings is 2. The first-order valence-corrected chi connectivity index (χ1v) is 6.62. The summed E-state index contributed by atoms with van der Waals surface area (Å²) in [5.74, 6) is 1.62. The molecule has 0 unspecified atom stereocenters. The Hall–Kier alpha value is -2.13. The van der Waals surface area contributed by atoms with E-state index in [9.17, 15) is 4.79 Å². The lowest BCUT2D eigenvalue weighted by Crippen LogP contribution is -2.03. The maximum absolute atomic E-state index is 11.3. The lowest BCUT2D eigenvalue weighted by atomic mass is 10.0. The van der Waals surface area contributed by atoms with Crippen LogP contribution in [0.2, 0.25) is 0 Å². The highest BCUT2D eigenvalue weighted by molar-refractivity contribution is 5.96. The third-order valence-corrected chi connectivity index (χ3v) is 3.10. The van der Waals surface area contributed by atoms with Crippen molar-refractivity contribution in [3.63, 3.8) is 0 Å². The lowest BCUT2D eigenvalue weighted by Gasteiger charge is -2.09. The number of hydrogen-bond acceptors (Lipinski definition) is 3. The molecule has 0 spiro atoms. The summed E-state index contributed by atoms with van der Waals surface area (Å²) >= 11 is 0. The average molecular weight is 270 g/mol. The van der Waals surface area contributed by atoms with Gasteiger partial charge in [-0.15, -0.1) is 0 Å². The maximum atomic E-state index is 11.3. The van der Waals surface area contributed by atoms with Crippen LogP contribution < -0.4 is 4.74 Å². The van der Waals surface area contributed by atoms with E-state index in [-0.39, 0.29) is 5.78 Å². The number of carbonyl (C=O) groups excluding carboxylic acids is 1. The minimum atomic E-state index is -0.475. The summed E-state index contributed by atoms with van der Waals surface area (Å²) in [5, 5.41) is 8.78. The number of ketones is 1. The Morgan fingerprint density at radius 2 is 1.50 bits per heavy atom. The Morgan fingerprint density at radius 3 is 1.95 bits per heavy atom. The molecule has 0 aliphatic rings. The van der Waals surface area contributed by atoms with Crippen molar-refractivity contribution in [2.24, 2.45) is 0 Å². The van der Waals surface area contributed by atoms with Crippen molar-refractivity contribution in [1.82, 2.24) is 0 Å². The third kappa shape index (κ3) is 3.45. The molecule has 0 saturated carbocycles. The topological polar surface area (TPSA) is 46.5 Å². The molecule has 0 aliphatic heterocycles. The van der Waals surface area contributed by atoms with Gasteiger partial charge in [0.05, 0.1) is 0 Å². The quantitative estimate of drug-likeness (QED) is 0.841. The molecule has 0 fully saturated rings. The van der Waals surface area contributed by atoms with Gasteiger partial charge in [0.15, 0.2) is 5.78 Å². The van der Waals surface area contributed by atoms with E-state index in [0.29, 0.717) is 17.2 Å². The number of rotatable bonds is 5. The van der Waals surface area contributed by atoms with Crippen molar-refractivity contribution >= 4 is 5.78 Å². The molecule has 0 aromatic heterocycles. The number of hydrogen-bond donors (Lipinski definition) is 1. The van der Waals surface area contributed by atoms with Crippen LogP contribution in [-0.2, 0) is 0 Å². The minimum absolute atomic E-state index is 0.294. The molecule has 0 aliphatic carbocycles. The van der Waals surface area contributed by atoms with Gasteiger partial charge in [-0.05, 0) is 47.9 Å². The SMILES string of the molecule is CC(C)c1ccc(Oc2ccc(C(=O)CO)cc2)cc1. The van der Waals surface area contributed by atoms with Crippen LogP contribution in [0.4, 0.5) is 0 Å². The van der Waals surface area contributed by atoms with Crippen LogP contribution in [0.3, 0.4) is 0 Å². The zero-order chi connectivity index (χ0) is 14.5. The summed E-state index contributed by atoms with van der Waals surface area (Å²) in [6, 6.07) is 14.7. The largest absolute Gasteiger partial charge is 0.457 e. The highest BCUT2D eigenvalue weighted by Crippen LogP contribution is 2.24. The van der Waals surface area contributed by atoms with Crippen LogP contribution in [0.1, 0.15) is 35.7 Å². The molecule has 3 nitrogen and oxygen atoms in total. The monoisotopic (exact) mass is 270 g/mol. The molecule has 2 rings (SSSR count). The summed E-state index contributed by atoms with van der Waals surface area (Å²) in [6.45, 7) is 3.82. The molecule has 104 valence electrons. The molecule has 0 amide bonds. The normalized spacial score (nSPS) is 10.6. The fourth-order valence-electron chi connectivity index (χ4n) is 1.86. The number of aliphatic hydroxyl groups is 1. The van der Waals surface area contributed by atoms with Crippen LogP contribution >= 0.6 is 0 Å². The van der Waals surface area contributed by atoms with E-state index in [2.05, 4.69) is 13.8 Å². The third-order valence-electron chi connectivity index (χ3n) is 3.10. The molecule has 0 heterocycles. The fourth-order valence-corrected chi connectivity index (χ4v) is 1.86. The summed E-state index contributed by atoms with van der Waals surface area (Å²) in [7, 11) is 0. The van der Waals surface area contributed by atoms with Crippen LogP contribution in [0, 0.1) is 0 Å². The Kier molecular flexibility index (Phi) is 4.53. The van der Waals surface area contributed by atoms with Gasteiger partial charge in [0.2, 0.25) is 0 Å². The van der Waals surface area contributed by atoms with E-state index in [0.717, 1.165) is 5.75 Å². The van der Waals surface area contributed by atoms with Crippen LogP contribution in [-0.4, -0.2) is 17.5 Å². The van der Waals surface area contributed by atoms with Crippen LogP contribution in [0.25, 0.3) is 0 Å². The molecule has 3 heteroatoms. The van der Waals surface area contributed by atoms with Gasteiger partial charge >= 0.3 is 0 Å². The molecular weight excluding hydrogens is 252 g/mol. The average Bonchev–Trinajstić information content (AvgIpc) is 2.48. The van der Waals surface area contributed by atoms with E-state index < -0.39 is 6.61 Å². The second-order valence-electron chi connectivity index (χ2n) is 4.93. The molecule has 2 aromatic rings. The Balaban J connectivity index is 2.08. The van der Waals surface area contributed by atoms with Crippen molar-refractivity contribution < 1.29 is 14.6 Å². The predicted octanol–water partition coefficient (Wildman–Crippen LogP) is 3.78. The molecule has 0 bridgehead atoms. The first-order valence-electron chi connectivity index (χ1n) is 6.62. The zero-order valence-electron chi connectivity index (χ0n) is 11.7. The van der Waals surface area contributed by atoms with E-state index >= 15 is 0 Å². The molecular formula is C17H18O3. The second-order valence-corrected chi connectivity index (χ2v) is 4.93. The highest BCUT2D eigenvalue weighted by atomic mass is 16.5. The standard InChI is InChI=1S/C17H18O3/c1-12(2)13-3-7-15(8-4-13)20-16-9-5-14(6-10-16)17(19)11-18/h3-10,12,18H,11H2,1-2H3. The summed E-state index contributed by atoms with van der Waals surface area (Å²) in [6.07, 6.45) is 0. The van der Waals surface area contributed by atoms with Gasteiger partial charge in [-0.3, -0.25) is 4.79 Å². The minimum Gasteiger partial charge on any atom is -0.457 e. The number of Topliss-reactive ketones (excluding diaryl/α,β-unsaturated/α-hetero) is 1. The number of carbonyl (C=O) groups is 1. The number of aliphatic hydroxyl groups excluding tert-OH is 1. The lowest BCUT2D eigenvalue weighted by molar-refractivity contribution is 0.0903. The molecule has 0 atom stereocenters. The highest BCUT2D eigenvalue weighted by Gasteiger charge is 2.05. The fraction of sp³-hybridized carbons (Fsp3) is 0.235. The molecule has 1 N–H and O–H groups in total. The van der Waals surface area contributed by atoms with Crippen LogP contribution in [0.5, 0.6) is 11.5 Å². The van der Waals surface area contributed by atoms with Gasteiger partial charge in [-0.1, -0.05) is 26.0 Å². The van der Waals surface area contributed by atoms with Crippen LogP contribution in [0.15, 0.2) is 48.5 Å². The first kappa shape index (κ1) is 14.3. The summed E-state index contributed by atoms with van der Waals surface area (Å²) < 4.78 is 5.71. The smallest absolute Gasteiger partial charge is 0.188 e. The van der Waals surface area contributed by atoms with Gasteiger partial charge in [0.25, 0.3) is 0 Å². The van der Waals surface area contributed by atoms with Crippen molar-refractivity contribution in [3.05, 3.63) is 59.7 Å². The van der Waals surface area contributed by atoms with Gasteiger partial charge < -0.3 is 9.84 Å².